The molecule has 100 valence electrons. The van der Waals surface area contributed by atoms with Crippen LogP contribution in [0.3, 0.4) is 0 Å². The molecule has 0 amide bonds. The van der Waals surface area contributed by atoms with Crippen LogP contribution in [-0.4, -0.2) is 10.9 Å². The van der Waals surface area contributed by atoms with Crippen LogP contribution in [-0.2, 0) is 6.54 Å². The fourth-order valence-corrected chi connectivity index (χ4v) is 2.76. The van der Waals surface area contributed by atoms with Crippen LogP contribution in [0.2, 0.25) is 5.02 Å². The van der Waals surface area contributed by atoms with Crippen LogP contribution in [0.4, 0.5) is 5.69 Å². The van der Waals surface area contributed by atoms with Crippen molar-refractivity contribution in [2.75, 3.05) is 11.1 Å². The van der Waals surface area contributed by atoms with Crippen molar-refractivity contribution in [1.29, 1.82) is 0 Å². The third-order valence-electron chi connectivity index (χ3n) is 2.73. The van der Waals surface area contributed by atoms with Gasteiger partial charge in [0, 0.05) is 22.7 Å². The van der Waals surface area contributed by atoms with Crippen LogP contribution in [0.25, 0.3) is 0 Å². The van der Waals surface area contributed by atoms with Crippen LogP contribution >= 0.6 is 23.4 Å². The molecule has 0 aliphatic carbocycles. The molecule has 2 rings (SSSR count). The third-order valence-corrected chi connectivity index (χ3v) is 3.99. The van der Waals surface area contributed by atoms with E-state index in [1.165, 1.54) is 4.90 Å². The molecule has 0 aliphatic heterocycles. The van der Waals surface area contributed by atoms with Crippen molar-refractivity contribution in [3.8, 4) is 5.75 Å². The van der Waals surface area contributed by atoms with E-state index in [1.54, 1.807) is 17.8 Å². The monoisotopic (exact) mass is 293 g/mol. The molecule has 0 spiro atoms. The molecule has 2 aromatic rings. The second-order valence-corrected chi connectivity index (χ2v) is 5.74. The number of thioether (sulfide) groups is 1. The Morgan fingerprint density at radius 2 is 1.95 bits per heavy atom. The van der Waals surface area contributed by atoms with E-state index in [1.807, 2.05) is 30.3 Å². The Morgan fingerprint density at radius 1 is 1.16 bits per heavy atom. The molecule has 0 heterocycles. The summed E-state index contributed by atoms with van der Waals surface area (Å²) in [5, 5.41) is 13.6. The normalized spacial score (nSPS) is 10.4. The Kier molecular flexibility index (Phi) is 5.00. The first-order valence-corrected chi connectivity index (χ1v) is 7.50. The Balaban J connectivity index is 2.12. The molecule has 0 saturated carbocycles. The molecule has 0 atom stereocenters. The van der Waals surface area contributed by atoms with Gasteiger partial charge in [-0.15, -0.1) is 11.8 Å². The van der Waals surface area contributed by atoms with Crippen LogP contribution in [0.1, 0.15) is 12.5 Å². The molecular formula is C15H16ClNOS. The first kappa shape index (κ1) is 14.1. The Labute approximate surface area is 122 Å². The Morgan fingerprint density at radius 3 is 2.74 bits per heavy atom. The quantitative estimate of drug-likeness (QED) is 0.779. The minimum atomic E-state index is 0.150. The molecule has 4 heteroatoms. The predicted molar refractivity (Wildman–Crippen MR) is 83.3 cm³/mol. The highest BCUT2D eigenvalue weighted by molar-refractivity contribution is 7.99. The van der Waals surface area contributed by atoms with Gasteiger partial charge in [0.2, 0.25) is 0 Å². The summed E-state index contributed by atoms with van der Waals surface area (Å²) in [6.45, 7) is 2.68. The van der Waals surface area contributed by atoms with E-state index in [4.69, 9.17) is 11.6 Å². The number of phenols is 1. The molecule has 0 radical (unpaired) electrons. The van der Waals surface area contributed by atoms with Crippen molar-refractivity contribution in [3.63, 3.8) is 0 Å². The van der Waals surface area contributed by atoms with E-state index in [2.05, 4.69) is 18.3 Å². The van der Waals surface area contributed by atoms with Gasteiger partial charge in [-0.2, -0.15) is 0 Å². The largest absolute Gasteiger partial charge is 0.506 e. The SMILES string of the molecule is CCSc1ccccc1NCc1cccc(Cl)c1O. The number of aromatic hydroxyl groups is 1. The van der Waals surface area contributed by atoms with Crippen LogP contribution in [0.15, 0.2) is 47.4 Å². The number of rotatable bonds is 5. The summed E-state index contributed by atoms with van der Waals surface area (Å²) in [7, 11) is 0. The summed E-state index contributed by atoms with van der Waals surface area (Å²) in [5.41, 5.74) is 1.87. The van der Waals surface area contributed by atoms with Gasteiger partial charge in [-0.25, -0.2) is 0 Å². The zero-order valence-corrected chi connectivity index (χ0v) is 12.3. The lowest BCUT2D eigenvalue weighted by Crippen LogP contribution is -2.01. The predicted octanol–water partition coefficient (Wildman–Crippen LogP) is 4.77. The van der Waals surface area contributed by atoms with E-state index in [0.717, 1.165) is 17.0 Å². The van der Waals surface area contributed by atoms with Crippen LogP contribution in [0, 0.1) is 0 Å². The fourth-order valence-electron chi connectivity index (χ4n) is 1.79. The van der Waals surface area contributed by atoms with Crippen LogP contribution in [0.5, 0.6) is 5.75 Å². The highest BCUT2D eigenvalue weighted by Crippen LogP contribution is 2.30. The topological polar surface area (TPSA) is 32.3 Å². The zero-order valence-electron chi connectivity index (χ0n) is 10.7. The number of benzene rings is 2. The van der Waals surface area contributed by atoms with Crippen molar-refractivity contribution >= 4 is 29.1 Å². The number of halogens is 1. The highest BCUT2D eigenvalue weighted by atomic mass is 35.5. The van der Waals surface area contributed by atoms with Crippen LogP contribution < -0.4 is 5.32 Å². The fraction of sp³-hybridized carbons (Fsp3) is 0.200. The van der Waals surface area contributed by atoms with Gasteiger partial charge < -0.3 is 10.4 Å². The number of anilines is 1. The van der Waals surface area contributed by atoms with Gasteiger partial charge >= 0.3 is 0 Å². The van der Waals surface area contributed by atoms with Gasteiger partial charge in [0.15, 0.2) is 0 Å². The number of phenolic OH excluding ortho intramolecular Hbond substituents is 1. The summed E-state index contributed by atoms with van der Waals surface area (Å²) >= 11 is 7.69. The van der Waals surface area contributed by atoms with Gasteiger partial charge in [0.05, 0.1) is 5.02 Å². The molecule has 19 heavy (non-hydrogen) atoms. The molecule has 0 aliphatic rings. The molecular weight excluding hydrogens is 278 g/mol. The van der Waals surface area contributed by atoms with Gasteiger partial charge in [0.25, 0.3) is 0 Å². The molecule has 2 N–H and O–H groups in total. The molecule has 2 nitrogen and oxygen atoms in total. The van der Waals surface area contributed by atoms with E-state index in [0.29, 0.717) is 11.6 Å². The molecule has 0 fully saturated rings. The van der Waals surface area contributed by atoms with Crippen molar-refractivity contribution in [2.24, 2.45) is 0 Å². The van der Waals surface area contributed by atoms with Crippen molar-refractivity contribution in [3.05, 3.63) is 53.1 Å². The third kappa shape index (κ3) is 3.58. The maximum Gasteiger partial charge on any atom is 0.139 e. The summed E-state index contributed by atoms with van der Waals surface area (Å²) in [6.07, 6.45) is 0. The Bertz CT molecular complexity index is 560. The number of nitrogens with one attached hydrogen (secondary N) is 1. The average molecular weight is 294 g/mol. The molecule has 0 unspecified atom stereocenters. The van der Waals surface area contributed by atoms with Crippen molar-refractivity contribution < 1.29 is 5.11 Å². The lowest BCUT2D eigenvalue weighted by atomic mass is 10.2. The Hall–Kier alpha value is -1.32. The van der Waals surface area contributed by atoms with Gasteiger partial charge in [0.1, 0.15) is 5.75 Å². The minimum absolute atomic E-state index is 0.150. The van der Waals surface area contributed by atoms with E-state index >= 15 is 0 Å². The number of hydrogen-bond donors (Lipinski definition) is 2. The van der Waals surface area contributed by atoms with E-state index in [9.17, 15) is 5.11 Å². The molecule has 0 aromatic heterocycles. The van der Waals surface area contributed by atoms with Gasteiger partial charge in [-0.3, -0.25) is 0 Å². The number of hydrogen-bond acceptors (Lipinski definition) is 3. The van der Waals surface area contributed by atoms with Gasteiger partial charge in [-0.05, 0) is 24.0 Å². The highest BCUT2D eigenvalue weighted by Gasteiger charge is 2.06. The zero-order chi connectivity index (χ0) is 13.7. The van der Waals surface area contributed by atoms with Gasteiger partial charge in [-0.1, -0.05) is 42.8 Å². The lowest BCUT2D eigenvalue weighted by molar-refractivity contribution is 0.469. The van der Waals surface area contributed by atoms with Crippen molar-refractivity contribution in [1.82, 2.24) is 0 Å². The lowest BCUT2D eigenvalue weighted by Gasteiger charge is -2.12. The van der Waals surface area contributed by atoms with Crippen molar-refractivity contribution in [2.45, 2.75) is 18.4 Å². The first-order valence-electron chi connectivity index (χ1n) is 6.14. The smallest absolute Gasteiger partial charge is 0.139 e. The summed E-state index contributed by atoms with van der Waals surface area (Å²) in [4.78, 5) is 1.21. The molecule has 0 saturated heterocycles. The first-order chi connectivity index (χ1) is 9.22. The van der Waals surface area contributed by atoms with E-state index < -0.39 is 0 Å². The standard InChI is InChI=1S/C15H16ClNOS/c1-2-19-14-9-4-3-8-13(14)17-10-11-6-5-7-12(16)15(11)18/h3-9,17-18H,2,10H2,1H3. The summed E-state index contributed by atoms with van der Waals surface area (Å²) in [5.74, 6) is 1.18. The van der Waals surface area contributed by atoms with E-state index in [-0.39, 0.29) is 5.75 Å². The second kappa shape index (κ2) is 6.73. The maximum absolute atomic E-state index is 9.87. The summed E-state index contributed by atoms with van der Waals surface area (Å²) in [6, 6.07) is 13.5. The molecule has 0 bridgehead atoms. The maximum atomic E-state index is 9.87. The summed E-state index contributed by atoms with van der Waals surface area (Å²) < 4.78 is 0. The second-order valence-electron chi connectivity index (χ2n) is 4.03. The average Bonchev–Trinajstić information content (AvgIpc) is 2.42. The number of para-hydroxylation sites is 2. The molecule has 2 aromatic carbocycles. The minimum Gasteiger partial charge on any atom is -0.506 e.